The van der Waals surface area contributed by atoms with Crippen molar-refractivity contribution in [1.82, 2.24) is 0 Å². The third-order valence-electron chi connectivity index (χ3n) is 3.29. The Kier molecular flexibility index (Phi) is 8.04. The van der Waals surface area contributed by atoms with Crippen LogP contribution in [0.3, 0.4) is 0 Å². The molecule has 0 saturated heterocycles. The zero-order chi connectivity index (χ0) is 17.9. The van der Waals surface area contributed by atoms with Gasteiger partial charge in [0.05, 0.1) is 17.7 Å². The van der Waals surface area contributed by atoms with Crippen LogP contribution in [0.25, 0.3) is 0 Å². The van der Waals surface area contributed by atoms with Crippen LogP contribution in [0.4, 0.5) is 0 Å². The molecule has 0 aliphatic carbocycles. The van der Waals surface area contributed by atoms with E-state index in [1.807, 2.05) is 45.9 Å². The van der Waals surface area contributed by atoms with Gasteiger partial charge in [0.25, 0.3) is 0 Å². The molecule has 0 saturated carbocycles. The Morgan fingerprint density at radius 3 is 2.40 bits per heavy atom. The molecule has 0 fully saturated rings. The first-order chi connectivity index (χ1) is 11.2. The van der Waals surface area contributed by atoms with Crippen LogP contribution in [-0.4, -0.2) is 37.1 Å². The van der Waals surface area contributed by atoms with Crippen LogP contribution >= 0.6 is 20.2 Å². The number of hydrogen-bond acceptors (Lipinski definition) is 3. The Balaban J connectivity index is 0.00000312. The van der Waals surface area contributed by atoms with Crippen LogP contribution in [0.5, 0.6) is 11.5 Å². The van der Waals surface area contributed by atoms with Crippen molar-refractivity contribution in [3.05, 3.63) is 52.5 Å². The zero-order valence-corrected chi connectivity index (χ0v) is 16.3. The van der Waals surface area contributed by atoms with Gasteiger partial charge in [-0.25, -0.2) is 0 Å². The molecule has 0 aliphatic rings. The molecular formula is C19H23ClLiO3P. The zero-order valence-electron chi connectivity index (χ0n) is 14.6. The van der Waals surface area contributed by atoms with Gasteiger partial charge in [-0.1, -0.05) is 23.7 Å². The summed E-state index contributed by atoms with van der Waals surface area (Å²) < 4.78 is 11.1. The summed E-state index contributed by atoms with van der Waals surface area (Å²) in [6, 6.07) is 11.0. The number of benzene rings is 2. The van der Waals surface area contributed by atoms with Crippen molar-refractivity contribution in [2.24, 2.45) is 0 Å². The van der Waals surface area contributed by atoms with Crippen molar-refractivity contribution in [3.8, 4) is 11.5 Å². The molecule has 0 heterocycles. The van der Waals surface area contributed by atoms with Crippen LogP contribution in [0.1, 0.15) is 36.7 Å². The molecule has 25 heavy (non-hydrogen) atoms. The Labute approximate surface area is 168 Å². The summed E-state index contributed by atoms with van der Waals surface area (Å²) in [5.74, 6) is 1.31. The summed E-state index contributed by atoms with van der Waals surface area (Å²) in [5, 5.41) is 1.39. The van der Waals surface area contributed by atoms with Gasteiger partial charge in [-0.15, -0.1) is 0 Å². The van der Waals surface area contributed by atoms with E-state index >= 15 is 0 Å². The van der Waals surface area contributed by atoms with Crippen LogP contribution in [0, 0.1) is 6.92 Å². The molecule has 0 aromatic heterocycles. The first-order valence-electron chi connectivity index (χ1n) is 7.65. The Morgan fingerprint density at radius 2 is 1.84 bits per heavy atom. The molecule has 0 bridgehead atoms. The molecular weight excluding hydrogens is 350 g/mol. The van der Waals surface area contributed by atoms with Crippen molar-refractivity contribution in [3.63, 3.8) is 0 Å². The summed E-state index contributed by atoms with van der Waals surface area (Å²) in [6.45, 7) is 8.00. The van der Waals surface area contributed by atoms with Crippen LogP contribution in [0.15, 0.2) is 36.4 Å². The molecule has 1 atom stereocenters. The molecule has 2 aromatic rings. The summed E-state index contributed by atoms with van der Waals surface area (Å²) >= 11 is 6.19. The normalized spacial score (nSPS) is 11.3. The van der Waals surface area contributed by atoms with E-state index < -0.39 is 0 Å². The van der Waals surface area contributed by atoms with Gasteiger partial charge in [-0.3, -0.25) is 4.79 Å². The molecule has 0 amide bonds. The number of rotatable bonds is 5. The topological polar surface area (TPSA) is 35.5 Å². The first kappa shape index (κ1) is 22.1. The number of methoxy groups -OCH3 is 1. The van der Waals surface area contributed by atoms with Gasteiger partial charge in [0, 0.05) is 0 Å². The second-order valence-corrected chi connectivity index (χ2v) is 8.11. The fourth-order valence-corrected chi connectivity index (χ4v) is 3.67. The maximum absolute atomic E-state index is 12.7. The predicted octanol–water partition coefficient (Wildman–Crippen LogP) is 4.33. The van der Waals surface area contributed by atoms with Gasteiger partial charge >= 0.3 is 18.9 Å². The van der Waals surface area contributed by atoms with Crippen molar-refractivity contribution in [1.29, 1.82) is 0 Å². The fourth-order valence-electron chi connectivity index (χ4n) is 2.27. The van der Waals surface area contributed by atoms with Gasteiger partial charge in [0.1, 0.15) is 17.1 Å². The minimum atomic E-state index is -0.253. The molecule has 2 rings (SSSR count). The number of carbonyl (C=O) groups is 1. The average molecular weight is 373 g/mol. The predicted molar refractivity (Wildman–Crippen MR) is 109 cm³/mol. The van der Waals surface area contributed by atoms with Crippen LogP contribution < -0.4 is 14.8 Å². The van der Waals surface area contributed by atoms with E-state index in [9.17, 15) is 4.79 Å². The van der Waals surface area contributed by atoms with E-state index in [-0.39, 0.29) is 38.6 Å². The van der Waals surface area contributed by atoms with Crippen molar-refractivity contribution < 1.29 is 14.3 Å². The number of carbonyl (C=O) groups excluding carboxylic acids is 1. The fraction of sp³-hybridized carbons (Fsp3) is 0.316. The monoisotopic (exact) mass is 372 g/mol. The van der Waals surface area contributed by atoms with Crippen LogP contribution in [-0.2, 0) is 0 Å². The molecule has 2 aromatic carbocycles. The van der Waals surface area contributed by atoms with Gasteiger partial charge in [-0.05, 0) is 71.4 Å². The maximum atomic E-state index is 12.7. The number of aryl methyl sites for hydroxylation is 1. The molecule has 130 valence electrons. The minimum absolute atomic E-state index is 0. The summed E-state index contributed by atoms with van der Waals surface area (Å²) in [7, 11) is 1.51. The van der Waals surface area contributed by atoms with Crippen LogP contribution in [0.2, 0.25) is 5.02 Å². The second kappa shape index (κ2) is 9.11. The summed E-state index contributed by atoms with van der Waals surface area (Å²) in [4.78, 5) is 12.7. The van der Waals surface area contributed by atoms with E-state index in [2.05, 4.69) is 0 Å². The Bertz CT molecular complexity index is 757. The SMILES string of the molecule is COc1cccc(Cl)c1C(=O)Pc1ccc(OC(C)(C)C)cc1C.[LiH]. The van der Waals surface area contributed by atoms with E-state index in [4.69, 9.17) is 21.1 Å². The Morgan fingerprint density at radius 1 is 1.16 bits per heavy atom. The number of ether oxygens (including phenoxy) is 2. The van der Waals surface area contributed by atoms with Crippen molar-refractivity contribution in [2.75, 3.05) is 7.11 Å². The Hall–Kier alpha value is -0.973. The average Bonchev–Trinajstić information content (AvgIpc) is 2.48. The summed E-state index contributed by atoms with van der Waals surface area (Å²) in [5.41, 5.74) is 1.17. The molecule has 0 radical (unpaired) electrons. The molecule has 0 N–H and O–H groups in total. The standard InChI is InChI=1S/C19H22ClO3P.Li.H/c1-12-11-13(23-19(2,3)4)9-10-16(12)24-18(21)17-14(20)7-6-8-15(17)22-5;;/h6-11,24H,1-5H3;;. The number of halogens is 1. The third kappa shape index (κ3) is 6.05. The first-order valence-corrected chi connectivity index (χ1v) is 9.02. The molecule has 3 nitrogen and oxygen atoms in total. The van der Waals surface area contributed by atoms with Gasteiger partial charge in [0.15, 0.2) is 5.52 Å². The molecule has 6 heteroatoms. The second-order valence-electron chi connectivity index (χ2n) is 6.46. The van der Waals surface area contributed by atoms with Gasteiger partial charge in [0.2, 0.25) is 0 Å². The van der Waals surface area contributed by atoms with E-state index in [0.717, 1.165) is 16.6 Å². The van der Waals surface area contributed by atoms with Gasteiger partial charge in [-0.2, -0.15) is 0 Å². The van der Waals surface area contributed by atoms with Gasteiger partial charge < -0.3 is 9.47 Å². The van der Waals surface area contributed by atoms with E-state index in [0.29, 0.717) is 16.3 Å². The third-order valence-corrected chi connectivity index (χ3v) is 4.91. The van der Waals surface area contributed by atoms with E-state index in [1.54, 1.807) is 18.2 Å². The van der Waals surface area contributed by atoms with E-state index in [1.165, 1.54) is 7.11 Å². The quantitative estimate of drug-likeness (QED) is 0.579. The molecule has 1 unspecified atom stereocenters. The molecule has 0 spiro atoms. The summed E-state index contributed by atoms with van der Waals surface area (Å²) in [6.07, 6.45) is 0. The number of hydrogen-bond donors (Lipinski definition) is 0. The van der Waals surface area contributed by atoms with Crippen molar-refractivity contribution >= 4 is 49.9 Å². The van der Waals surface area contributed by atoms with Crippen molar-refractivity contribution in [2.45, 2.75) is 33.3 Å². The molecule has 0 aliphatic heterocycles.